The number of benzene rings is 2. The number of Topliss-reactive ketones (excluding diaryl/α,β-unsaturated/α-hetero) is 1. The highest BCUT2D eigenvalue weighted by molar-refractivity contribution is 6.35. The summed E-state index contributed by atoms with van der Waals surface area (Å²) >= 11 is 0. The molecule has 0 atom stereocenters. The van der Waals surface area contributed by atoms with Gasteiger partial charge in [-0.1, -0.05) is 60.7 Å². The van der Waals surface area contributed by atoms with Crippen molar-refractivity contribution in [1.82, 2.24) is 5.43 Å². The lowest BCUT2D eigenvalue weighted by atomic mass is 10.1. The Morgan fingerprint density at radius 1 is 1.00 bits per heavy atom. The molecule has 0 spiro atoms. The van der Waals surface area contributed by atoms with Crippen molar-refractivity contribution >= 4 is 12.0 Å². The van der Waals surface area contributed by atoms with E-state index in [0.717, 1.165) is 6.42 Å². The molecule has 0 saturated heterocycles. The van der Waals surface area contributed by atoms with Crippen LogP contribution in [-0.4, -0.2) is 18.5 Å². The minimum Gasteiger partial charge on any atom is -0.310 e. The molecule has 19 heavy (non-hydrogen) atoms. The number of carbonyl (C=O) groups is 1. The van der Waals surface area contributed by atoms with Crippen LogP contribution >= 0.6 is 0 Å². The van der Waals surface area contributed by atoms with Gasteiger partial charge in [0.25, 0.3) is 0 Å². The molecule has 2 aromatic carbocycles. The van der Waals surface area contributed by atoms with Crippen molar-refractivity contribution in [3.05, 3.63) is 71.8 Å². The van der Waals surface area contributed by atoms with Gasteiger partial charge in [-0.3, -0.25) is 4.79 Å². The molecular formula is C16H16N2O. The normalized spacial score (nSPS) is 10.5. The van der Waals surface area contributed by atoms with E-state index in [0.29, 0.717) is 12.1 Å². The zero-order valence-corrected chi connectivity index (χ0v) is 10.6. The molecule has 0 aliphatic heterocycles. The van der Waals surface area contributed by atoms with Crippen molar-refractivity contribution in [2.24, 2.45) is 5.10 Å². The van der Waals surface area contributed by atoms with Crippen LogP contribution < -0.4 is 5.43 Å². The fourth-order valence-electron chi connectivity index (χ4n) is 1.69. The second-order valence-electron chi connectivity index (χ2n) is 4.13. The van der Waals surface area contributed by atoms with Gasteiger partial charge in [-0.15, -0.1) is 0 Å². The minimum absolute atomic E-state index is 0.0900. The van der Waals surface area contributed by atoms with E-state index < -0.39 is 0 Å². The summed E-state index contributed by atoms with van der Waals surface area (Å²) in [4.78, 5) is 11.7. The van der Waals surface area contributed by atoms with Gasteiger partial charge >= 0.3 is 0 Å². The number of carbonyl (C=O) groups excluding carboxylic acids is 1. The van der Waals surface area contributed by atoms with Gasteiger partial charge in [0, 0.05) is 12.1 Å². The van der Waals surface area contributed by atoms with E-state index in [4.69, 9.17) is 0 Å². The number of rotatable bonds is 6. The van der Waals surface area contributed by atoms with E-state index in [-0.39, 0.29) is 5.78 Å². The molecule has 0 radical (unpaired) electrons. The average Bonchev–Trinajstić information content (AvgIpc) is 2.49. The Morgan fingerprint density at radius 3 is 2.32 bits per heavy atom. The lowest BCUT2D eigenvalue weighted by Crippen LogP contribution is -2.12. The smallest absolute Gasteiger partial charge is 0.205 e. The largest absolute Gasteiger partial charge is 0.310 e. The Kier molecular flexibility index (Phi) is 4.87. The zero-order valence-electron chi connectivity index (χ0n) is 10.6. The number of hydrogen-bond acceptors (Lipinski definition) is 3. The maximum atomic E-state index is 11.7. The van der Waals surface area contributed by atoms with Crippen LogP contribution in [-0.2, 0) is 6.42 Å². The lowest BCUT2D eigenvalue weighted by Gasteiger charge is -2.00. The van der Waals surface area contributed by atoms with E-state index >= 15 is 0 Å². The molecule has 0 heterocycles. The van der Waals surface area contributed by atoms with Gasteiger partial charge in [-0.2, -0.15) is 5.10 Å². The van der Waals surface area contributed by atoms with Gasteiger partial charge in [0.2, 0.25) is 5.78 Å². The van der Waals surface area contributed by atoms with Crippen molar-refractivity contribution in [2.45, 2.75) is 6.42 Å². The molecule has 0 amide bonds. The van der Waals surface area contributed by atoms with Gasteiger partial charge in [0.15, 0.2) is 0 Å². The molecule has 0 aliphatic rings. The second kappa shape index (κ2) is 7.11. The fourth-order valence-corrected chi connectivity index (χ4v) is 1.69. The molecule has 0 bridgehead atoms. The highest BCUT2D eigenvalue weighted by Crippen LogP contribution is 1.99. The van der Waals surface area contributed by atoms with Gasteiger partial charge in [-0.05, 0) is 12.0 Å². The Labute approximate surface area is 113 Å². The van der Waals surface area contributed by atoms with Crippen molar-refractivity contribution in [2.75, 3.05) is 6.54 Å². The van der Waals surface area contributed by atoms with Crippen molar-refractivity contribution in [3.63, 3.8) is 0 Å². The molecule has 3 nitrogen and oxygen atoms in total. The van der Waals surface area contributed by atoms with Gasteiger partial charge in [-0.25, -0.2) is 0 Å². The van der Waals surface area contributed by atoms with Crippen LogP contribution in [0.15, 0.2) is 65.8 Å². The summed E-state index contributed by atoms with van der Waals surface area (Å²) in [5.74, 6) is -0.0900. The van der Waals surface area contributed by atoms with Crippen LogP contribution in [0.4, 0.5) is 0 Å². The highest BCUT2D eigenvalue weighted by atomic mass is 16.1. The maximum absolute atomic E-state index is 11.7. The van der Waals surface area contributed by atoms with Crippen LogP contribution in [0.3, 0.4) is 0 Å². The Bertz CT molecular complexity index is 535. The monoisotopic (exact) mass is 252 g/mol. The quantitative estimate of drug-likeness (QED) is 0.372. The molecule has 2 aromatic rings. The SMILES string of the molecule is O=C(/C=N/NCCc1ccccc1)c1ccccc1. The molecule has 96 valence electrons. The summed E-state index contributed by atoms with van der Waals surface area (Å²) in [6.45, 7) is 0.711. The van der Waals surface area contributed by atoms with Crippen molar-refractivity contribution in [3.8, 4) is 0 Å². The van der Waals surface area contributed by atoms with E-state index in [1.807, 2.05) is 36.4 Å². The highest BCUT2D eigenvalue weighted by Gasteiger charge is 1.99. The zero-order chi connectivity index (χ0) is 13.3. The first-order chi connectivity index (χ1) is 9.36. The van der Waals surface area contributed by atoms with Crippen LogP contribution in [0.2, 0.25) is 0 Å². The number of nitrogens with one attached hydrogen (secondary N) is 1. The summed E-state index contributed by atoms with van der Waals surface area (Å²) in [6.07, 6.45) is 2.21. The molecule has 0 saturated carbocycles. The number of hydrazone groups is 1. The number of ketones is 1. The van der Waals surface area contributed by atoms with E-state index in [1.54, 1.807) is 12.1 Å². The molecule has 0 aliphatic carbocycles. The summed E-state index contributed by atoms with van der Waals surface area (Å²) in [5, 5.41) is 3.94. The molecule has 0 unspecified atom stereocenters. The Balaban J connectivity index is 1.74. The third-order valence-electron chi connectivity index (χ3n) is 2.70. The van der Waals surface area contributed by atoms with Crippen LogP contribution in [0.25, 0.3) is 0 Å². The van der Waals surface area contributed by atoms with Gasteiger partial charge in [0.1, 0.15) is 0 Å². The van der Waals surface area contributed by atoms with E-state index in [1.165, 1.54) is 11.8 Å². The molecule has 1 N–H and O–H groups in total. The van der Waals surface area contributed by atoms with Crippen LogP contribution in [0, 0.1) is 0 Å². The van der Waals surface area contributed by atoms with Crippen LogP contribution in [0.1, 0.15) is 15.9 Å². The fraction of sp³-hybridized carbons (Fsp3) is 0.125. The molecule has 0 fully saturated rings. The standard InChI is InChI=1S/C16H16N2O/c19-16(15-9-5-2-6-10-15)13-18-17-12-11-14-7-3-1-4-8-14/h1-10,13,17H,11-12H2/b18-13+. The van der Waals surface area contributed by atoms with Crippen LogP contribution in [0.5, 0.6) is 0 Å². The predicted octanol–water partition coefficient (Wildman–Crippen LogP) is 2.69. The maximum Gasteiger partial charge on any atom is 0.205 e. The van der Waals surface area contributed by atoms with Gasteiger partial charge < -0.3 is 5.43 Å². The van der Waals surface area contributed by atoms with Gasteiger partial charge in [0.05, 0.1) is 6.21 Å². The number of hydrogen-bond donors (Lipinski definition) is 1. The Hall–Kier alpha value is -2.42. The summed E-state index contributed by atoms with van der Waals surface area (Å²) in [5.41, 5.74) is 4.78. The third kappa shape index (κ3) is 4.39. The minimum atomic E-state index is -0.0900. The number of nitrogens with zero attached hydrogens (tertiary/aromatic N) is 1. The average molecular weight is 252 g/mol. The predicted molar refractivity (Wildman–Crippen MR) is 77.4 cm³/mol. The summed E-state index contributed by atoms with van der Waals surface area (Å²) in [7, 11) is 0. The van der Waals surface area contributed by atoms with E-state index in [9.17, 15) is 4.79 Å². The molecule has 0 aromatic heterocycles. The first kappa shape index (κ1) is 13.0. The topological polar surface area (TPSA) is 41.5 Å². The Morgan fingerprint density at radius 2 is 1.63 bits per heavy atom. The molecule has 2 rings (SSSR count). The summed E-state index contributed by atoms with van der Waals surface area (Å²) in [6, 6.07) is 19.3. The molecule has 3 heteroatoms. The first-order valence-electron chi connectivity index (χ1n) is 6.25. The van der Waals surface area contributed by atoms with Crippen molar-refractivity contribution in [1.29, 1.82) is 0 Å². The lowest BCUT2D eigenvalue weighted by molar-refractivity contribution is 0.107. The van der Waals surface area contributed by atoms with E-state index in [2.05, 4.69) is 22.7 Å². The summed E-state index contributed by atoms with van der Waals surface area (Å²) < 4.78 is 0. The van der Waals surface area contributed by atoms with Crippen molar-refractivity contribution < 1.29 is 4.79 Å². The first-order valence-corrected chi connectivity index (χ1v) is 6.25. The molecular weight excluding hydrogens is 236 g/mol. The second-order valence-corrected chi connectivity index (χ2v) is 4.13. The third-order valence-corrected chi connectivity index (χ3v) is 2.70.